The number of rotatable bonds is 6. The molecule has 152 valence electrons. The monoisotopic (exact) mass is 434 g/mol. The normalized spacial score (nSPS) is 14.3. The number of anilines is 1. The summed E-state index contributed by atoms with van der Waals surface area (Å²) in [6.45, 7) is 0. The lowest BCUT2D eigenvalue weighted by molar-refractivity contribution is 0.461. The van der Waals surface area contributed by atoms with Crippen molar-refractivity contribution in [1.82, 2.24) is 9.97 Å². The Morgan fingerprint density at radius 3 is 2.47 bits per heavy atom. The lowest BCUT2D eigenvalue weighted by Gasteiger charge is -2.24. The van der Waals surface area contributed by atoms with Crippen LogP contribution in [0.1, 0.15) is 43.2 Å². The van der Waals surface area contributed by atoms with E-state index in [-0.39, 0.29) is 0 Å². The quantitative estimate of drug-likeness (QED) is 0.345. The Hall–Kier alpha value is -2.55. The number of hydrogen-bond acceptors (Lipinski definition) is 5. The molecular weight excluding hydrogens is 412 g/mol. The topological polar surface area (TPSA) is 61.6 Å². The Balaban J connectivity index is 1.69. The van der Waals surface area contributed by atoms with E-state index in [1.807, 2.05) is 54.6 Å². The molecule has 1 aromatic heterocycles. The smallest absolute Gasteiger partial charge is 0.190 e. The fraction of sp³-hybridized carbons (Fsp3) is 0.292. The van der Waals surface area contributed by atoms with Crippen LogP contribution in [0.4, 0.5) is 5.82 Å². The number of nitriles is 1. The van der Waals surface area contributed by atoms with Gasteiger partial charge in [-0.2, -0.15) is 5.26 Å². The fourth-order valence-corrected chi connectivity index (χ4v) is 4.85. The molecule has 1 saturated carbocycles. The molecule has 0 atom stereocenters. The van der Waals surface area contributed by atoms with Gasteiger partial charge in [-0.1, -0.05) is 91.2 Å². The molecule has 1 aliphatic rings. The van der Waals surface area contributed by atoms with E-state index < -0.39 is 0 Å². The molecule has 1 N–H and O–H groups in total. The summed E-state index contributed by atoms with van der Waals surface area (Å²) in [6.07, 6.45) is 5.92. The van der Waals surface area contributed by atoms with Gasteiger partial charge >= 0.3 is 0 Å². The van der Waals surface area contributed by atoms with Crippen molar-refractivity contribution in [1.29, 1.82) is 5.26 Å². The lowest BCUT2D eigenvalue weighted by atomic mass is 9.95. The van der Waals surface area contributed by atoms with E-state index in [4.69, 9.17) is 21.6 Å². The summed E-state index contributed by atoms with van der Waals surface area (Å²) in [6, 6.07) is 20.4. The number of thioether (sulfide) groups is 1. The zero-order valence-corrected chi connectivity index (χ0v) is 18.2. The Bertz CT molecular complexity index is 1040. The molecule has 0 unspecified atom stereocenters. The minimum absolute atomic E-state index is 0.353. The molecule has 3 aromatic rings. The number of nitrogens with zero attached hydrogens (tertiary/aromatic N) is 3. The average molecular weight is 435 g/mol. The van der Waals surface area contributed by atoms with Gasteiger partial charge in [0.15, 0.2) is 5.16 Å². The maximum absolute atomic E-state index is 9.93. The van der Waals surface area contributed by atoms with E-state index >= 15 is 0 Å². The summed E-state index contributed by atoms with van der Waals surface area (Å²) in [5, 5.41) is 14.9. The fourth-order valence-electron chi connectivity index (χ4n) is 3.72. The molecular formula is C24H23ClN4S. The lowest BCUT2D eigenvalue weighted by Crippen LogP contribution is -2.24. The molecule has 0 saturated heterocycles. The van der Waals surface area contributed by atoms with E-state index in [9.17, 15) is 5.26 Å². The second kappa shape index (κ2) is 9.97. The predicted molar refractivity (Wildman–Crippen MR) is 124 cm³/mol. The van der Waals surface area contributed by atoms with Gasteiger partial charge in [-0.25, -0.2) is 9.97 Å². The maximum Gasteiger partial charge on any atom is 0.190 e. The Kier molecular flexibility index (Phi) is 6.88. The van der Waals surface area contributed by atoms with E-state index in [1.165, 1.54) is 31.0 Å². The molecule has 30 heavy (non-hydrogen) atoms. The van der Waals surface area contributed by atoms with Crippen molar-refractivity contribution in [3.63, 3.8) is 0 Å². The van der Waals surface area contributed by atoms with Gasteiger partial charge in [-0.05, 0) is 24.5 Å². The van der Waals surface area contributed by atoms with Crippen LogP contribution in [0.25, 0.3) is 11.3 Å². The molecule has 6 heteroatoms. The van der Waals surface area contributed by atoms with Gasteiger partial charge in [0, 0.05) is 22.4 Å². The summed E-state index contributed by atoms with van der Waals surface area (Å²) in [4.78, 5) is 9.50. The summed E-state index contributed by atoms with van der Waals surface area (Å²) in [5.41, 5.74) is 3.14. The van der Waals surface area contributed by atoms with Crippen LogP contribution in [-0.4, -0.2) is 16.0 Å². The average Bonchev–Trinajstić information content (AvgIpc) is 2.79. The van der Waals surface area contributed by atoms with Crippen LogP contribution in [0, 0.1) is 11.3 Å². The molecule has 0 amide bonds. The van der Waals surface area contributed by atoms with Gasteiger partial charge < -0.3 is 5.32 Å². The Morgan fingerprint density at radius 1 is 1.00 bits per heavy atom. The SMILES string of the molecule is N#Cc1c(NC2CCCCC2)nc(SCc2ccccc2Cl)nc1-c1ccccc1. The maximum atomic E-state index is 9.93. The summed E-state index contributed by atoms with van der Waals surface area (Å²) in [5.74, 6) is 1.31. The van der Waals surface area contributed by atoms with Crippen LogP contribution in [0.5, 0.6) is 0 Å². The van der Waals surface area contributed by atoms with Crippen LogP contribution in [0.2, 0.25) is 5.02 Å². The highest BCUT2D eigenvalue weighted by Crippen LogP contribution is 2.32. The van der Waals surface area contributed by atoms with Crippen LogP contribution in [0.3, 0.4) is 0 Å². The molecule has 1 heterocycles. The van der Waals surface area contributed by atoms with E-state index in [1.54, 1.807) is 0 Å². The zero-order chi connectivity index (χ0) is 20.8. The minimum atomic E-state index is 0.353. The number of benzene rings is 2. The van der Waals surface area contributed by atoms with Crippen molar-refractivity contribution in [2.24, 2.45) is 0 Å². The van der Waals surface area contributed by atoms with E-state index in [0.717, 1.165) is 29.0 Å². The Morgan fingerprint density at radius 2 is 1.73 bits per heavy atom. The molecule has 2 aromatic carbocycles. The third kappa shape index (κ3) is 4.95. The van der Waals surface area contributed by atoms with Crippen molar-refractivity contribution >= 4 is 29.2 Å². The Labute approximate surface area is 186 Å². The highest BCUT2D eigenvalue weighted by atomic mass is 35.5. The van der Waals surface area contributed by atoms with Crippen molar-refractivity contribution < 1.29 is 0 Å². The minimum Gasteiger partial charge on any atom is -0.366 e. The van der Waals surface area contributed by atoms with Crippen molar-refractivity contribution in [3.8, 4) is 17.3 Å². The van der Waals surface area contributed by atoms with Crippen LogP contribution >= 0.6 is 23.4 Å². The first-order chi connectivity index (χ1) is 14.7. The molecule has 0 aliphatic heterocycles. The van der Waals surface area contributed by atoms with Crippen LogP contribution in [-0.2, 0) is 5.75 Å². The standard InChI is InChI=1S/C24H23ClN4S/c25-21-14-8-7-11-18(21)16-30-24-28-22(17-9-3-1-4-10-17)20(15-26)23(29-24)27-19-12-5-2-6-13-19/h1,3-4,7-11,14,19H,2,5-6,12-13,16H2,(H,27,28,29). The second-order valence-electron chi connectivity index (χ2n) is 7.42. The van der Waals surface area contributed by atoms with Gasteiger partial charge in [0.05, 0.1) is 5.69 Å². The molecule has 4 nitrogen and oxygen atoms in total. The van der Waals surface area contributed by atoms with E-state index in [2.05, 4.69) is 11.4 Å². The van der Waals surface area contributed by atoms with Gasteiger partial charge in [-0.15, -0.1) is 0 Å². The molecule has 0 spiro atoms. The molecule has 0 bridgehead atoms. The van der Waals surface area contributed by atoms with Gasteiger partial charge in [-0.3, -0.25) is 0 Å². The summed E-state index contributed by atoms with van der Waals surface area (Å²) in [7, 11) is 0. The zero-order valence-electron chi connectivity index (χ0n) is 16.6. The van der Waals surface area contributed by atoms with Crippen molar-refractivity contribution in [2.45, 2.75) is 49.1 Å². The van der Waals surface area contributed by atoms with Crippen molar-refractivity contribution in [3.05, 3.63) is 70.7 Å². The van der Waals surface area contributed by atoms with Crippen molar-refractivity contribution in [2.75, 3.05) is 5.32 Å². The number of halogens is 1. The largest absolute Gasteiger partial charge is 0.366 e. The molecule has 4 rings (SSSR count). The highest BCUT2D eigenvalue weighted by Gasteiger charge is 2.20. The third-order valence-electron chi connectivity index (χ3n) is 5.31. The second-order valence-corrected chi connectivity index (χ2v) is 8.77. The third-order valence-corrected chi connectivity index (χ3v) is 6.57. The summed E-state index contributed by atoms with van der Waals surface area (Å²) < 4.78 is 0. The molecule has 1 aliphatic carbocycles. The molecule has 1 fully saturated rings. The first-order valence-electron chi connectivity index (χ1n) is 10.2. The van der Waals surface area contributed by atoms with Gasteiger partial charge in [0.1, 0.15) is 17.5 Å². The predicted octanol–water partition coefficient (Wildman–Crippen LogP) is 6.71. The van der Waals surface area contributed by atoms with E-state index in [0.29, 0.717) is 34.0 Å². The van der Waals surface area contributed by atoms with Gasteiger partial charge in [0.2, 0.25) is 0 Å². The number of hydrogen-bond donors (Lipinski definition) is 1. The first kappa shape index (κ1) is 20.7. The van der Waals surface area contributed by atoms with Gasteiger partial charge in [0.25, 0.3) is 0 Å². The molecule has 0 radical (unpaired) electrons. The first-order valence-corrected chi connectivity index (χ1v) is 11.6. The highest BCUT2D eigenvalue weighted by molar-refractivity contribution is 7.98. The number of nitrogens with one attached hydrogen (secondary N) is 1. The van der Waals surface area contributed by atoms with Crippen LogP contribution in [0.15, 0.2) is 59.8 Å². The summed E-state index contributed by atoms with van der Waals surface area (Å²) >= 11 is 7.85. The number of aromatic nitrogens is 2. The van der Waals surface area contributed by atoms with Crippen LogP contribution < -0.4 is 5.32 Å².